The Labute approximate surface area is 425 Å². The van der Waals surface area contributed by atoms with Crippen molar-refractivity contribution in [3.8, 4) is 0 Å². The molecular formula is C54H91BrFe2N2OP3+. The van der Waals surface area contributed by atoms with Gasteiger partial charge in [-0.25, -0.2) is 0 Å². The van der Waals surface area contributed by atoms with Crippen LogP contribution in [0.1, 0.15) is 125 Å². The predicted octanol–water partition coefficient (Wildman–Crippen LogP) is 15.0. The molecule has 9 heteroatoms. The van der Waals surface area contributed by atoms with Crippen molar-refractivity contribution < 1.29 is 38.7 Å². The summed E-state index contributed by atoms with van der Waals surface area (Å²) < 4.78 is 13.9. The van der Waals surface area contributed by atoms with Crippen LogP contribution in [0.4, 0.5) is 0 Å². The SMILES string of the molecule is C1CCCC1.C1CCCC1.C[C@H](C1CCC(P(c2ccccc2)c2ccccc2)C1[P+](=O)C(C)(C)C)N(C)C.C[C@H](C1CCC(Pc2ccccc2)C1Br)N(C)C.[CH3-].[CH3-].[CH3-].[CH3-].[Fe+2].[Fe+2]. The third-order valence-electron chi connectivity index (χ3n) is 13.1. The zero-order chi connectivity index (χ0) is 41.4. The van der Waals surface area contributed by atoms with Crippen LogP contribution in [-0.4, -0.2) is 77.0 Å². The molecular weight excluding hydrogens is 977 g/mol. The molecule has 0 saturated heterocycles. The Morgan fingerprint density at radius 3 is 1.30 bits per heavy atom. The molecule has 10 atom stereocenters. The number of halogens is 1. The molecule has 360 valence electrons. The molecule has 3 nitrogen and oxygen atoms in total. The molecule has 0 aromatic heterocycles. The Hall–Kier alpha value is 0.0590. The third kappa shape index (κ3) is 21.5. The minimum atomic E-state index is -1.33. The topological polar surface area (TPSA) is 23.6 Å². The number of hydrogen-bond donors (Lipinski definition) is 0. The second-order valence-electron chi connectivity index (χ2n) is 18.6. The third-order valence-corrected chi connectivity index (χ3v) is 22.3. The molecule has 4 saturated carbocycles. The Bertz CT molecular complexity index is 1480. The molecule has 0 N–H and O–H groups in total. The first-order chi connectivity index (χ1) is 27.3. The van der Waals surface area contributed by atoms with Gasteiger partial charge in [-0.05, 0) is 124 Å². The van der Waals surface area contributed by atoms with Gasteiger partial charge in [-0.2, -0.15) is 0 Å². The van der Waals surface area contributed by atoms with Gasteiger partial charge in [-0.3, -0.25) is 0 Å². The van der Waals surface area contributed by atoms with Crippen LogP contribution in [-0.2, 0) is 38.7 Å². The Kier molecular flexibility index (Phi) is 37.6. The summed E-state index contributed by atoms with van der Waals surface area (Å²) in [5.74, 6) is 1.27. The van der Waals surface area contributed by atoms with Crippen LogP contribution < -0.4 is 15.9 Å². The zero-order valence-corrected chi connectivity index (χ0v) is 48.5. The van der Waals surface area contributed by atoms with Gasteiger partial charge >= 0.3 is 41.9 Å². The molecule has 0 heterocycles. The second-order valence-corrected chi connectivity index (χ2v) is 26.3. The molecule has 8 unspecified atom stereocenters. The van der Waals surface area contributed by atoms with E-state index in [4.69, 9.17) is 0 Å². The fourth-order valence-corrected chi connectivity index (χ4v) is 18.0. The molecule has 4 aliphatic carbocycles. The van der Waals surface area contributed by atoms with Gasteiger partial charge in [0.15, 0.2) is 10.8 Å². The molecule has 0 spiro atoms. The van der Waals surface area contributed by atoms with E-state index in [0.29, 0.717) is 28.5 Å². The zero-order valence-electron chi connectivity index (χ0n) is 42.0. The first kappa shape index (κ1) is 67.3. The van der Waals surface area contributed by atoms with E-state index in [9.17, 15) is 4.57 Å². The number of rotatable bonds is 10. The summed E-state index contributed by atoms with van der Waals surface area (Å²) in [4.78, 5) is 5.35. The maximum atomic E-state index is 13.9. The Morgan fingerprint density at radius 1 is 0.587 bits per heavy atom. The average molecular weight is 1070 g/mol. The van der Waals surface area contributed by atoms with Crippen molar-refractivity contribution in [2.45, 2.75) is 164 Å². The van der Waals surface area contributed by atoms with Crippen LogP contribution in [0.25, 0.3) is 0 Å². The predicted molar refractivity (Wildman–Crippen MR) is 288 cm³/mol. The summed E-state index contributed by atoms with van der Waals surface area (Å²) in [6.07, 6.45) is 20.1. The molecule has 3 aromatic carbocycles. The maximum Gasteiger partial charge on any atom is 2.00 e. The second kappa shape index (κ2) is 35.2. The first-order valence-electron chi connectivity index (χ1n) is 22.5. The van der Waals surface area contributed by atoms with Crippen LogP contribution in [0.15, 0.2) is 91.0 Å². The van der Waals surface area contributed by atoms with E-state index in [1.165, 1.54) is 106 Å². The molecule has 4 fully saturated rings. The fourth-order valence-electron chi connectivity index (χ4n) is 9.22. The van der Waals surface area contributed by atoms with E-state index in [1.807, 2.05) is 0 Å². The van der Waals surface area contributed by atoms with Crippen molar-refractivity contribution in [3.05, 3.63) is 121 Å². The van der Waals surface area contributed by atoms with Crippen LogP contribution in [0.2, 0.25) is 0 Å². The quantitative estimate of drug-likeness (QED) is 0.0875. The van der Waals surface area contributed by atoms with Crippen molar-refractivity contribution in [1.29, 1.82) is 0 Å². The van der Waals surface area contributed by atoms with Gasteiger partial charge in [-0.15, -0.1) is 0 Å². The first-order valence-corrected chi connectivity index (χ1v) is 27.2. The molecule has 63 heavy (non-hydrogen) atoms. The van der Waals surface area contributed by atoms with Gasteiger partial charge in [0.25, 0.3) is 0 Å². The van der Waals surface area contributed by atoms with Crippen molar-refractivity contribution in [2.75, 3.05) is 28.2 Å². The summed E-state index contributed by atoms with van der Waals surface area (Å²) in [6.45, 7) is 11.1. The Morgan fingerprint density at radius 2 is 0.937 bits per heavy atom. The molecule has 3 aromatic rings. The summed E-state index contributed by atoms with van der Waals surface area (Å²) in [5.41, 5.74) is 1.54. The standard InChI is InChI=1S/C25H36NOP2.C15H23BrNP.2C5H10.4CH3.2Fe/c1-19(26(5)6)22-17-18-23(24(22)29(27)25(2,3)4)28(20-13-9-7-10-14-20)21-15-11-8-12-16-21;1-11(17(2)3)13-9-10-14(15(13)16)18-12-7-5-4-6-8-12;2*1-2-4-5-3-1;;;;;;/h7-16,19,22-24H,17-18H2,1-6H3;4-8,11,13-15,18H,9-10H2,1-3H3;2*1-5H2;4*1H3;;/q+1;;;;4*-1;2*+2/t19-,22?,23?,24?;11-,13?,14?,15?;;;;;;;;/m11......../s1. The smallest absolute Gasteiger partial charge is 0.358 e. The number of alkyl halides is 1. The molecule has 0 bridgehead atoms. The summed E-state index contributed by atoms with van der Waals surface area (Å²) in [5, 5.41) is 4.17. The maximum absolute atomic E-state index is 13.9. The van der Waals surface area contributed by atoms with Crippen molar-refractivity contribution in [1.82, 2.24) is 9.80 Å². The van der Waals surface area contributed by atoms with Gasteiger partial charge in [-0.1, -0.05) is 184 Å². The van der Waals surface area contributed by atoms with Crippen LogP contribution >= 0.6 is 40.2 Å². The van der Waals surface area contributed by atoms with Gasteiger partial charge in [0.2, 0.25) is 0 Å². The summed E-state index contributed by atoms with van der Waals surface area (Å²) in [6, 6.07) is 34.0. The monoisotopic (exact) mass is 1070 g/mol. The number of nitrogens with zero attached hydrogens (tertiary/aromatic N) is 2. The fraction of sp³-hybridized carbons (Fsp3) is 0.593. The number of hydrogen-bond acceptors (Lipinski definition) is 3. The van der Waals surface area contributed by atoms with E-state index < -0.39 is 15.7 Å². The van der Waals surface area contributed by atoms with E-state index in [1.54, 1.807) is 0 Å². The molecule has 4 aliphatic rings. The van der Waals surface area contributed by atoms with Crippen LogP contribution in [0, 0.1) is 41.5 Å². The molecule has 7 rings (SSSR count). The Balaban J connectivity index is -0.000000904. The van der Waals surface area contributed by atoms with Gasteiger partial charge in [0.05, 0.1) is 0 Å². The summed E-state index contributed by atoms with van der Waals surface area (Å²) in [7, 11) is 7.78. The van der Waals surface area contributed by atoms with Crippen molar-refractivity contribution >= 4 is 56.1 Å². The molecule has 0 amide bonds. The normalized spacial score (nSPS) is 23.6. The van der Waals surface area contributed by atoms with Gasteiger partial charge in [0, 0.05) is 28.5 Å². The van der Waals surface area contributed by atoms with E-state index in [0.717, 1.165) is 20.2 Å². The van der Waals surface area contributed by atoms with Crippen molar-refractivity contribution in [3.63, 3.8) is 0 Å². The largest absolute Gasteiger partial charge is 2.00 e. The van der Waals surface area contributed by atoms with E-state index in [-0.39, 0.29) is 74.7 Å². The van der Waals surface area contributed by atoms with E-state index >= 15 is 0 Å². The average Bonchev–Trinajstić information content (AvgIpc) is 4.07. The minimum Gasteiger partial charge on any atom is -0.358 e. The minimum absolute atomic E-state index is 0. The molecule has 0 radical (unpaired) electrons. The van der Waals surface area contributed by atoms with E-state index in [2.05, 4.69) is 180 Å². The van der Waals surface area contributed by atoms with Gasteiger partial charge in [0.1, 0.15) is 0 Å². The number of benzene rings is 3. The van der Waals surface area contributed by atoms with Crippen LogP contribution in [0.5, 0.6) is 0 Å². The van der Waals surface area contributed by atoms with Gasteiger partial charge < -0.3 is 39.5 Å². The van der Waals surface area contributed by atoms with Crippen molar-refractivity contribution in [2.24, 2.45) is 11.8 Å². The van der Waals surface area contributed by atoms with Crippen LogP contribution in [0.3, 0.4) is 0 Å². The summed E-state index contributed by atoms with van der Waals surface area (Å²) >= 11 is 3.98. The molecule has 0 aliphatic heterocycles.